The molecule has 0 N–H and O–H groups in total. The SMILES string of the molecule is CCCCC(C)(C)c1cc2c(cc1-c1cccs1)C(=O)/C(=C1\Sc3cc(-c4cc(C)c(-c5cc6c7cscc7c7cc(-c8sc(C(C)(CCCC)C9CC9)cc8C)sc7c6s5)s4)c(-c4cccs4)cc3C1=O)S2. The number of Topliss-reactive ketones (excluding diaryl/α,β-unsaturated/α-hetero) is 2. The second-order valence-electron chi connectivity index (χ2n) is 21.2. The smallest absolute Gasteiger partial charge is 0.202 e. The molecule has 73 heavy (non-hydrogen) atoms. The fourth-order valence-corrected chi connectivity index (χ4v) is 21.6. The van der Waals surface area contributed by atoms with Gasteiger partial charge in [0.2, 0.25) is 11.6 Å². The first-order chi connectivity index (χ1) is 35.3. The third-order valence-electron chi connectivity index (χ3n) is 15.8. The fourth-order valence-electron chi connectivity index (χ4n) is 11.4. The largest absolute Gasteiger partial charge is 0.288 e. The number of aryl methyl sites for hydroxylation is 2. The molecule has 0 amide bonds. The predicted molar refractivity (Wildman–Crippen MR) is 327 cm³/mol. The van der Waals surface area contributed by atoms with Crippen LogP contribution in [0.2, 0.25) is 0 Å². The summed E-state index contributed by atoms with van der Waals surface area (Å²) in [6.45, 7) is 16.4. The Bertz CT molecular complexity index is 3890. The Morgan fingerprint density at radius 1 is 0.548 bits per heavy atom. The molecule has 2 aliphatic heterocycles. The summed E-state index contributed by atoms with van der Waals surface area (Å²) < 4.78 is 2.79. The molecule has 13 rings (SSSR count). The summed E-state index contributed by atoms with van der Waals surface area (Å²) in [5, 5.41) is 14.4. The van der Waals surface area contributed by atoms with Crippen LogP contribution >= 0.6 is 103 Å². The fraction of sp³-hybridized carbons (Fsp3) is 0.290. The second kappa shape index (κ2) is 18.7. The predicted octanol–water partition coefficient (Wildman–Crippen LogP) is 22.3. The Labute approximate surface area is 464 Å². The highest BCUT2D eigenvalue weighted by molar-refractivity contribution is 8.08. The summed E-state index contributed by atoms with van der Waals surface area (Å²) >= 11 is 16.1. The maximum Gasteiger partial charge on any atom is 0.202 e. The first kappa shape index (κ1) is 48.7. The van der Waals surface area contributed by atoms with Gasteiger partial charge in [-0.25, -0.2) is 0 Å². The molecule has 11 heteroatoms. The van der Waals surface area contributed by atoms with Gasteiger partial charge in [0.25, 0.3) is 0 Å². The number of thioether (sulfide) groups is 2. The van der Waals surface area contributed by atoms with Gasteiger partial charge < -0.3 is 0 Å². The Morgan fingerprint density at radius 2 is 1.10 bits per heavy atom. The zero-order chi connectivity index (χ0) is 50.1. The summed E-state index contributed by atoms with van der Waals surface area (Å²) in [5.41, 5.74) is 8.88. The van der Waals surface area contributed by atoms with Crippen LogP contribution in [0.5, 0.6) is 0 Å². The molecule has 0 radical (unpaired) electrons. The Balaban J connectivity index is 0.868. The van der Waals surface area contributed by atoms with Gasteiger partial charge in [-0.1, -0.05) is 96.0 Å². The van der Waals surface area contributed by atoms with Crippen molar-refractivity contribution in [1.29, 1.82) is 0 Å². The minimum Gasteiger partial charge on any atom is -0.288 e. The van der Waals surface area contributed by atoms with Gasteiger partial charge in [-0.3, -0.25) is 9.59 Å². The van der Waals surface area contributed by atoms with Crippen LogP contribution in [0.25, 0.3) is 81.8 Å². The van der Waals surface area contributed by atoms with Gasteiger partial charge in [-0.15, -0.1) is 68.0 Å². The van der Waals surface area contributed by atoms with Crippen LogP contribution in [0.3, 0.4) is 0 Å². The summed E-state index contributed by atoms with van der Waals surface area (Å²) in [4.78, 5) is 42.8. The van der Waals surface area contributed by atoms with E-state index in [0.29, 0.717) is 20.9 Å². The molecule has 368 valence electrons. The number of ketones is 2. The van der Waals surface area contributed by atoms with Crippen LogP contribution in [0.1, 0.15) is 128 Å². The number of carbonyl (C=O) groups excluding carboxylic acids is 2. The summed E-state index contributed by atoms with van der Waals surface area (Å²) in [7, 11) is 0. The van der Waals surface area contributed by atoms with Gasteiger partial charge in [0, 0.05) is 98.0 Å². The molecule has 10 aromatic rings. The Hall–Kier alpha value is -3.88. The van der Waals surface area contributed by atoms with Crippen molar-refractivity contribution in [1.82, 2.24) is 0 Å². The average Bonchev–Trinajstić information content (AvgIpc) is 4.21. The van der Waals surface area contributed by atoms with Crippen molar-refractivity contribution in [2.75, 3.05) is 0 Å². The minimum atomic E-state index is -0.0688. The van der Waals surface area contributed by atoms with E-state index in [4.69, 9.17) is 0 Å². The first-order valence-corrected chi connectivity index (χ1v) is 33.1. The van der Waals surface area contributed by atoms with E-state index in [9.17, 15) is 9.59 Å². The summed E-state index contributed by atoms with van der Waals surface area (Å²) in [6, 6.07) is 27.1. The molecule has 3 aromatic carbocycles. The number of unbranched alkanes of at least 4 members (excludes halogenated alkanes) is 2. The van der Waals surface area contributed by atoms with Crippen molar-refractivity contribution >= 4 is 145 Å². The van der Waals surface area contributed by atoms with E-state index < -0.39 is 0 Å². The molecule has 1 saturated carbocycles. The first-order valence-electron chi connectivity index (χ1n) is 25.5. The van der Waals surface area contributed by atoms with Gasteiger partial charge in [-0.2, -0.15) is 11.3 Å². The number of thiophene rings is 7. The highest BCUT2D eigenvalue weighted by Crippen LogP contribution is 2.58. The number of hydrogen-bond acceptors (Lipinski definition) is 11. The van der Waals surface area contributed by atoms with E-state index in [1.54, 1.807) is 27.6 Å². The van der Waals surface area contributed by atoms with Crippen LogP contribution in [-0.4, -0.2) is 11.6 Å². The van der Waals surface area contributed by atoms with Gasteiger partial charge in [0.1, 0.15) is 0 Å². The van der Waals surface area contributed by atoms with E-state index in [-0.39, 0.29) is 22.4 Å². The third kappa shape index (κ3) is 8.15. The van der Waals surface area contributed by atoms with Crippen LogP contribution in [0, 0.1) is 19.8 Å². The van der Waals surface area contributed by atoms with E-state index in [1.165, 1.54) is 133 Å². The minimum absolute atomic E-state index is 0.0410. The summed E-state index contributed by atoms with van der Waals surface area (Å²) in [5.74, 6) is 0.729. The maximum atomic E-state index is 14.7. The zero-order valence-corrected chi connectivity index (χ0v) is 49.3. The second-order valence-corrected chi connectivity index (χ2v) is 30.1. The van der Waals surface area contributed by atoms with Gasteiger partial charge in [0.05, 0.1) is 19.2 Å². The maximum absolute atomic E-state index is 14.7. The van der Waals surface area contributed by atoms with E-state index in [0.717, 1.165) is 56.5 Å². The number of hydrogen-bond donors (Lipinski definition) is 0. The lowest BCUT2D eigenvalue weighted by Gasteiger charge is -2.28. The quantitative estimate of drug-likeness (QED) is 0.102. The molecule has 1 unspecified atom stereocenters. The molecule has 1 fully saturated rings. The lowest BCUT2D eigenvalue weighted by Crippen LogP contribution is -2.23. The molecule has 7 aromatic heterocycles. The van der Waals surface area contributed by atoms with E-state index in [2.05, 4.69) is 154 Å². The van der Waals surface area contributed by atoms with Gasteiger partial charge >= 0.3 is 0 Å². The molecule has 9 heterocycles. The van der Waals surface area contributed by atoms with Crippen molar-refractivity contribution in [3.8, 4) is 50.8 Å². The normalized spacial score (nSPS) is 16.8. The molecule has 0 bridgehead atoms. The monoisotopic (exact) mass is 1120 g/mol. The van der Waals surface area contributed by atoms with Crippen LogP contribution in [-0.2, 0) is 10.8 Å². The number of carbonyl (C=O) groups is 2. The number of fused-ring (bicyclic) bond motifs is 8. The van der Waals surface area contributed by atoms with Crippen LogP contribution in [0.15, 0.2) is 114 Å². The van der Waals surface area contributed by atoms with E-state index >= 15 is 0 Å². The van der Waals surface area contributed by atoms with Crippen molar-refractivity contribution in [3.05, 3.63) is 137 Å². The standard InChI is InChI=1S/C62H54O2S9/c1-8-10-18-61(5,6)44-29-49-41(25-39(44)46-15-13-21-67-46)54(64)60(70-49)59-53(63)40-24-35(45-14-12-20-66-45)36(26-48(40)69-59)47-22-32(3)55(68-47)50-27-37-42-30-65-31-43(42)38-28-51(72-58(38)57(37)71-50)56-33(4)23-52(73-56)62(7,19-11-9-2)34-16-17-34/h12-15,20-31,34H,8-11,16-19H2,1-7H3/b60-59+. The number of benzene rings is 3. The molecular weight excluding hydrogens is 1070 g/mol. The molecule has 0 spiro atoms. The van der Waals surface area contributed by atoms with Crippen molar-refractivity contribution < 1.29 is 9.59 Å². The van der Waals surface area contributed by atoms with E-state index in [1.807, 2.05) is 45.3 Å². The van der Waals surface area contributed by atoms with Crippen molar-refractivity contribution in [3.63, 3.8) is 0 Å². The lowest BCUT2D eigenvalue weighted by atomic mass is 9.77. The molecule has 0 saturated heterocycles. The topological polar surface area (TPSA) is 34.1 Å². The molecule has 2 nitrogen and oxygen atoms in total. The molecule has 1 atom stereocenters. The summed E-state index contributed by atoms with van der Waals surface area (Å²) in [6.07, 6.45) is 9.90. The highest BCUT2D eigenvalue weighted by atomic mass is 32.2. The number of rotatable bonds is 14. The zero-order valence-electron chi connectivity index (χ0n) is 42.0. The third-order valence-corrected chi connectivity index (χ3v) is 26.3. The Morgan fingerprint density at radius 3 is 1.68 bits per heavy atom. The Kier molecular flexibility index (Phi) is 12.5. The van der Waals surface area contributed by atoms with Gasteiger partial charge in [-0.05, 0) is 155 Å². The van der Waals surface area contributed by atoms with Crippen LogP contribution < -0.4 is 0 Å². The highest BCUT2D eigenvalue weighted by Gasteiger charge is 2.44. The molecular formula is C62H54O2S9. The average molecular weight is 1120 g/mol. The van der Waals surface area contributed by atoms with Crippen molar-refractivity contribution in [2.45, 2.75) is 120 Å². The van der Waals surface area contributed by atoms with Crippen molar-refractivity contribution in [2.24, 2.45) is 5.92 Å². The lowest BCUT2D eigenvalue weighted by molar-refractivity contribution is 0.101. The van der Waals surface area contributed by atoms with Gasteiger partial charge in [0.15, 0.2) is 0 Å². The number of allylic oxidation sites excluding steroid dienone is 2. The molecule has 3 aliphatic rings. The molecule has 1 aliphatic carbocycles. The van der Waals surface area contributed by atoms with Crippen LogP contribution in [0.4, 0.5) is 0 Å².